The summed E-state index contributed by atoms with van der Waals surface area (Å²) in [4.78, 5) is 15.4. The molecule has 29 heavy (non-hydrogen) atoms. The highest BCUT2D eigenvalue weighted by Gasteiger charge is 2.09. The van der Waals surface area contributed by atoms with E-state index in [0.717, 1.165) is 11.3 Å². The van der Waals surface area contributed by atoms with Gasteiger partial charge in [-0.1, -0.05) is 24.3 Å². The summed E-state index contributed by atoms with van der Waals surface area (Å²) in [7, 11) is 3.34. The molecule has 2 aromatic rings. The largest absolute Gasteiger partial charge is 0.493 e. The van der Waals surface area contributed by atoms with Crippen LogP contribution in [0.3, 0.4) is 0 Å². The van der Waals surface area contributed by atoms with Gasteiger partial charge in [0.2, 0.25) is 5.91 Å². The maximum absolute atomic E-state index is 11.2. The summed E-state index contributed by atoms with van der Waals surface area (Å²) in [5.41, 5.74) is 1.81. The van der Waals surface area contributed by atoms with Crippen molar-refractivity contribution < 1.29 is 14.3 Å². The van der Waals surface area contributed by atoms with Gasteiger partial charge in [-0.05, 0) is 36.8 Å². The third-order valence-corrected chi connectivity index (χ3v) is 3.89. The van der Waals surface area contributed by atoms with E-state index in [-0.39, 0.29) is 36.0 Å². The molecule has 0 spiro atoms. The summed E-state index contributed by atoms with van der Waals surface area (Å²) < 4.78 is 11.2. The number of carbonyl (C=O) groups excluding carboxylic acids is 1. The Morgan fingerprint density at radius 2 is 1.83 bits per heavy atom. The van der Waals surface area contributed by atoms with Crippen LogP contribution in [0.1, 0.15) is 19.4 Å². The van der Waals surface area contributed by atoms with Crippen molar-refractivity contribution in [1.29, 1.82) is 0 Å². The van der Waals surface area contributed by atoms with Gasteiger partial charge in [0.05, 0.1) is 13.7 Å². The number of aliphatic imine (C=N–C) groups is 1. The molecule has 0 heterocycles. The summed E-state index contributed by atoms with van der Waals surface area (Å²) in [6.45, 7) is 4.62. The zero-order chi connectivity index (χ0) is 20.4. The second kappa shape index (κ2) is 12.9. The van der Waals surface area contributed by atoms with E-state index in [0.29, 0.717) is 30.5 Å². The number of methoxy groups -OCH3 is 1. The molecule has 0 saturated carbocycles. The molecule has 0 aliphatic rings. The number of nitrogens with zero attached hydrogens (tertiary/aromatic N) is 1. The van der Waals surface area contributed by atoms with Crippen molar-refractivity contribution in [2.24, 2.45) is 4.99 Å². The summed E-state index contributed by atoms with van der Waals surface area (Å²) in [5, 5.41) is 9.28. The molecule has 0 aliphatic carbocycles. The van der Waals surface area contributed by atoms with Gasteiger partial charge < -0.3 is 25.4 Å². The van der Waals surface area contributed by atoms with E-state index in [1.165, 1.54) is 6.92 Å². The number of anilines is 1. The summed E-state index contributed by atoms with van der Waals surface area (Å²) >= 11 is 0. The monoisotopic (exact) mass is 512 g/mol. The number of guanidine groups is 1. The molecule has 0 aromatic heterocycles. The van der Waals surface area contributed by atoms with Crippen LogP contribution in [0.4, 0.5) is 5.69 Å². The van der Waals surface area contributed by atoms with Gasteiger partial charge in [0.15, 0.2) is 17.5 Å². The van der Waals surface area contributed by atoms with Crippen molar-refractivity contribution in [3.8, 4) is 11.5 Å². The number of ether oxygens (including phenoxy) is 2. The molecular formula is C21H29IN4O3. The van der Waals surface area contributed by atoms with Crippen molar-refractivity contribution in [2.75, 3.05) is 26.0 Å². The lowest BCUT2D eigenvalue weighted by Crippen LogP contribution is -2.41. The average molecular weight is 512 g/mol. The Kier molecular flexibility index (Phi) is 10.9. The van der Waals surface area contributed by atoms with Crippen LogP contribution in [0, 0.1) is 0 Å². The Bertz CT molecular complexity index is 814. The number of carbonyl (C=O) groups is 1. The summed E-state index contributed by atoms with van der Waals surface area (Å²) in [6.07, 6.45) is -0.0852. The first-order valence-electron chi connectivity index (χ1n) is 9.12. The van der Waals surface area contributed by atoms with E-state index < -0.39 is 0 Å². The highest BCUT2D eigenvalue weighted by molar-refractivity contribution is 14.0. The highest BCUT2D eigenvalue weighted by Crippen LogP contribution is 2.26. The highest BCUT2D eigenvalue weighted by atomic mass is 127. The van der Waals surface area contributed by atoms with E-state index in [4.69, 9.17) is 9.47 Å². The van der Waals surface area contributed by atoms with Crippen LogP contribution in [-0.4, -0.2) is 38.7 Å². The van der Waals surface area contributed by atoms with Crippen molar-refractivity contribution in [1.82, 2.24) is 10.6 Å². The summed E-state index contributed by atoms with van der Waals surface area (Å²) in [5.74, 6) is 1.99. The lowest BCUT2D eigenvalue weighted by atomic mass is 10.2. The van der Waals surface area contributed by atoms with Crippen molar-refractivity contribution in [3.05, 3.63) is 54.1 Å². The van der Waals surface area contributed by atoms with Gasteiger partial charge in [-0.15, -0.1) is 24.0 Å². The van der Waals surface area contributed by atoms with E-state index in [1.54, 1.807) is 14.2 Å². The van der Waals surface area contributed by atoms with E-state index in [1.807, 2.05) is 55.5 Å². The van der Waals surface area contributed by atoms with Gasteiger partial charge in [0.1, 0.15) is 6.10 Å². The molecule has 158 valence electrons. The molecule has 1 amide bonds. The Morgan fingerprint density at radius 1 is 1.10 bits per heavy atom. The van der Waals surface area contributed by atoms with Gasteiger partial charge in [0.25, 0.3) is 0 Å². The van der Waals surface area contributed by atoms with Gasteiger partial charge >= 0.3 is 0 Å². The minimum absolute atomic E-state index is 0. The first kappa shape index (κ1) is 24.5. The Balaban J connectivity index is 0.00000420. The molecule has 1 atom stereocenters. The molecule has 0 radical (unpaired) electrons. The SMILES string of the molecule is CN=C(NCc1cccc(NC(C)=O)c1)NCC(C)Oc1ccccc1OC.I. The smallest absolute Gasteiger partial charge is 0.221 e. The number of halogens is 1. The Labute approximate surface area is 189 Å². The van der Waals surface area contributed by atoms with Crippen LogP contribution in [-0.2, 0) is 11.3 Å². The maximum Gasteiger partial charge on any atom is 0.221 e. The zero-order valence-corrected chi connectivity index (χ0v) is 19.5. The minimum atomic E-state index is -0.0911. The zero-order valence-electron chi connectivity index (χ0n) is 17.2. The molecule has 8 heteroatoms. The number of para-hydroxylation sites is 2. The van der Waals surface area contributed by atoms with E-state index in [9.17, 15) is 4.79 Å². The number of amides is 1. The summed E-state index contributed by atoms with van der Waals surface area (Å²) in [6, 6.07) is 15.2. The van der Waals surface area contributed by atoms with Crippen molar-refractivity contribution >= 4 is 41.5 Å². The molecule has 2 aromatic carbocycles. The average Bonchev–Trinajstić information content (AvgIpc) is 2.68. The lowest BCUT2D eigenvalue weighted by Gasteiger charge is -2.19. The standard InChI is InChI=1S/C21H28N4O3.HI/c1-15(28-20-11-6-5-10-19(20)27-4)13-23-21(22-3)24-14-17-8-7-9-18(12-17)25-16(2)26;/h5-12,15H,13-14H2,1-4H3,(H,25,26)(H2,22,23,24);1H. The molecule has 1 unspecified atom stereocenters. The lowest BCUT2D eigenvalue weighted by molar-refractivity contribution is -0.114. The van der Waals surface area contributed by atoms with Gasteiger partial charge in [-0.2, -0.15) is 0 Å². The number of nitrogens with one attached hydrogen (secondary N) is 3. The van der Waals surface area contributed by atoms with E-state index in [2.05, 4.69) is 20.9 Å². The fourth-order valence-electron chi connectivity index (χ4n) is 2.58. The predicted molar refractivity (Wildman–Crippen MR) is 127 cm³/mol. The normalized spacial score (nSPS) is 11.7. The Morgan fingerprint density at radius 3 is 2.48 bits per heavy atom. The van der Waals surface area contributed by atoms with Crippen molar-refractivity contribution in [2.45, 2.75) is 26.5 Å². The second-order valence-corrected chi connectivity index (χ2v) is 6.27. The molecular weight excluding hydrogens is 483 g/mol. The van der Waals surface area contributed by atoms with Gasteiger partial charge in [-0.25, -0.2) is 0 Å². The van der Waals surface area contributed by atoms with Crippen LogP contribution in [0.15, 0.2) is 53.5 Å². The van der Waals surface area contributed by atoms with Crippen LogP contribution in [0.5, 0.6) is 11.5 Å². The fraction of sp³-hybridized carbons (Fsp3) is 0.333. The molecule has 2 rings (SSSR count). The number of hydrogen-bond acceptors (Lipinski definition) is 4. The number of hydrogen-bond donors (Lipinski definition) is 3. The molecule has 3 N–H and O–H groups in total. The fourth-order valence-corrected chi connectivity index (χ4v) is 2.58. The van der Waals surface area contributed by atoms with Crippen LogP contribution < -0.4 is 25.4 Å². The predicted octanol–water partition coefficient (Wildman–Crippen LogP) is 3.40. The van der Waals surface area contributed by atoms with Crippen LogP contribution in [0.2, 0.25) is 0 Å². The molecule has 0 aliphatic heterocycles. The molecule has 7 nitrogen and oxygen atoms in total. The molecule has 0 fully saturated rings. The van der Waals surface area contributed by atoms with E-state index >= 15 is 0 Å². The molecule has 0 bridgehead atoms. The van der Waals surface area contributed by atoms with Crippen LogP contribution in [0.25, 0.3) is 0 Å². The first-order chi connectivity index (χ1) is 13.5. The third kappa shape index (κ3) is 8.59. The third-order valence-electron chi connectivity index (χ3n) is 3.89. The minimum Gasteiger partial charge on any atom is -0.493 e. The first-order valence-corrected chi connectivity index (χ1v) is 9.12. The number of rotatable bonds is 8. The van der Waals surface area contributed by atoms with Crippen molar-refractivity contribution in [3.63, 3.8) is 0 Å². The topological polar surface area (TPSA) is 84.0 Å². The second-order valence-electron chi connectivity index (χ2n) is 6.27. The van der Waals surface area contributed by atoms with Crippen LogP contribution >= 0.6 is 24.0 Å². The Hall–Kier alpha value is -2.49. The van der Waals surface area contributed by atoms with Gasteiger partial charge in [-0.3, -0.25) is 9.79 Å². The molecule has 0 saturated heterocycles. The number of benzene rings is 2. The van der Waals surface area contributed by atoms with Gasteiger partial charge in [0, 0.05) is 26.2 Å². The quantitative estimate of drug-likeness (QED) is 0.287. The maximum atomic E-state index is 11.2.